The van der Waals surface area contributed by atoms with E-state index in [1.165, 1.54) is 0 Å². The molecule has 0 bridgehead atoms. The van der Waals surface area contributed by atoms with E-state index in [0.29, 0.717) is 4.90 Å². The van der Waals surface area contributed by atoms with Crippen molar-refractivity contribution in [1.29, 1.82) is 0 Å². The molecule has 0 fully saturated rings. The van der Waals surface area contributed by atoms with Crippen molar-refractivity contribution in [1.82, 2.24) is 4.90 Å². The average molecular weight is 433 g/mol. The maximum absolute atomic E-state index is 12.8. The molecule has 0 heterocycles. The third-order valence-electron chi connectivity index (χ3n) is 3.37. The fraction of sp³-hybridized carbons (Fsp3) is 0.800. The second kappa shape index (κ2) is 11.1. The Morgan fingerprint density at radius 2 is 1.33 bits per heavy atom. The highest BCUT2D eigenvalue weighted by atomic mass is 16.6. The second-order valence-corrected chi connectivity index (χ2v) is 9.37. The van der Waals surface area contributed by atoms with Crippen LogP contribution in [-0.2, 0) is 23.8 Å². The van der Waals surface area contributed by atoms with Gasteiger partial charge in [0.15, 0.2) is 0 Å². The molecule has 10 heteroatoms. The molecule has 3 amide bonds. The summed E-state index contributed by atoms with van der Waals surface area (Å²) in [4.78, 5) is 50.0. The molecule has 0 aliphatic rings. The van der Waals surface area contributed by atoms with E-state index in [4.69, 9.17) is 19.9 Å². The van der Waals surface area contributed by atoms with Crippen molar-refractivity contribution in [2.75, 3.05) is 6.61 Å². The summed E-state index contributed by atoms with van der Waals surface area (Å²) < 4.78 is 15.7. The van der Waals surface area contributed by atoms with Crippen LogP contribution in [0.3, 0.4) is 0 Å². The number of nitrogens with two attached hydrogens (primary N) is 1. The number of hydrogen-bond acceptors (Lipinski definition) is 8. The van der Waals surface area contributed by atoms with Gasteiger partial charge in [0.05, 0.1) is 6.61 Å². The molecule has 0 aromatic rings. The van der Waals surface area contributed by atoms with Crippen molar-refractivity contribution >= 4 is 24.1 Å². The number of aliphatic hydroxyl groups is 1. The Kier molecular flexibility index (Phi) is 10.3. The highest BCUT2D eigenvalue weighted by molar-refractivity contribution is 5.94. The van der Waals surface area contributed by atoms with Crippen LogP contribution in [0.5, 0.6) is 0 Å². The summed E-state index contributed by atoms with van der Waals surface area (Å²) in [6, 6.07) is -1.48. The largest absolute Gasteiger partial charge is 0.464 e. The number of rotatable bonds is 8. The number of amides is 3. The summed E-state index contributed by atoms with van der Waals surface area (Å²) in [5, 5.41) is 9.73. The van der Waals surface area contributed by atoms with E-state index < -0.39 is 47.4 Å². The molecule has 0 rings (SSSR count). The van der Waals surface area contributed by atoms with Gasteiger partial charge in [-0.25, -0.2) is 14.4 Å². The standard InChI is InChI=1S/C20H36N2O8/c1-12(2)11-28-16(25)13(9-10-14(23)15(21)24)22(17(26)29-19(3,4)5)18(27)30-20(6,7)8/h12-14,23H,9-11H2,1-8H3,(H2,21,24)/t13-,14?/m0/s1. The highest BCUT2D eigenvalue weighted by Gasteiger charge is 2.41. The maximum atomic E-state index is 12.8. The molecule has 0 aliphatic heterocycles. The summed E-state index contributed by atoms with van der Waals surface area (Å²) >= 11 is 0. The van der Waals surface area contributed by atoms with Gasteiger partial charge in [0, 0.05) is 0 Å². The molecule has 0 aromatic carbocycles. The zero-order valence-corrected chi connectivity index (χ0v) is 19.2. The molecule has 0 saturated carbocycles. The Hall–Kier alpha value is -2.36. The fourth-order valence-corrected chi connectivity index (χ4v) is 2.11. The van der Waals surface area contributed by atoms with E-state index in [0.717, 1.165) is 0 Å². The first-order valence-corrected chi connectivity index (χ1v) is 9.83. The molecule has 0 saturated heterocycles. The molecule has 0 aliphatic carbocycles. The lowest BCUT2D eigenvalue weighted by atomic mass is 10.1. The lowest BCUT2D eigenvalue weighted by Gasteiger charge is -2.32. The number of aliphatic hydroxyl groups excluding tert-OH is 1. The summed E-state index contributed by atoms with van der Waals surface area (Å²) in [5.74, 6) is -1.88. The molecule has 0 aromatic heterocycles. The monoisotopic (exact) mass is 432 g/mol. The van der Waals surface area contributed by atoms with E-state index in [2.05, 4.69) is 0 Å². The minimum absolute atomic E-state index is 0.00214. The van der Waals surface area contributed by atoms with Gasteiger partial charge in [-0.15, -0.1) is 0 Å². The molecule has 0 radical (unpaired) electrons. The quantitative estimate of drug-likeness (QED) is 0.439. The Morgan fingerprint density at radius 1 is 0.900 bits per heavy atom. The zero-order chi connectivity index (χ0) is 23.9. The first-order chi connectivity index (χ1) is 13.4. The minimum Gasteiger partial charge on any atom is -0.464 e. The predicted molar refractivity (Wildman–Crippen MR) is 108 cm³/mol. The highest BCUT2D eigenvalue weighted by Crippen LogP contribution is 2.20. The smallest absolute Gasteiger partial charge is 0.420 e. The number of hydrogen-bond donors (Lipinski definition) is 2. The molecule has 10 nitrogen and oxygen atoms in total. The van der Waals surface area contributed by atoms with Gasteiger partial charge in [-0.3, -0.25) is 4.79 Å². The number of imide groups is 1. The van der Waals surface area contributed by atoms with Crippen LogP contribution >= 0.6 is 0 Å². The Morgan fingerprint density at radius 3 is 1.67 bits per heavy atom. The van der Waals surface area contributed by atoms with Crippen LogP contribution < -0.4 is 5.73 Å². The Labute approximate surface area is 178 Å². The molecular formula is C20H36N2O8. The van der Waals surface area contributed by atoms with E-state index in [1.54, 1.807) is 41.5 Å². The topological polar surface area (TPSA) is 145 Å². The van der Waals surface area contributed by atoms with E-state index in [1.807, 2.05) is 13.8 Å². The lowest BCUT2D eigenvalue weighted by Crippen LogP contribution is -2.53. The van der Waals surface area contributed by atoms with E-state index in [9.17, 15) is 24.3 Å². The zero-order valence-electron chi connectivity index (χ0n) is 19.2. The van der Waals surface area contributed by atoms with Crippen molar-refractivity contribution in [2.45, 2.75) is 91.6 Å². The van der Waals surface area contributed by atoms with Gasteiger partial charge in [-0.2, -0.15) is 4.90 Å². The second-order valence-electron chi connectivity index (χ2n) is 9.37. The van der Waals surface area contributed by atoms with Crippen molar-refractivity contribution < 1.29 is 38.5 Å². The molecular weight excluding hydrogens is 396 g/mol. The summed E-state index contributed by atoms with van der Waals surface area (Å²) in [7, 11) is 0. The normalized spacial score (nSPS) is 13.9. The van der Waals surface area contributed by atoms with Crippen LogP contribution in [0.15, 0.2) is 0 Å². The van der Waals surface area contributed by atoms with E-state index in [-0.39, 0.29) is 25.4 Å². The summed E-state index contributed by atoms with van der Waals surface area (Å²) in [5.41, 5.74) is 3.13. The molecule has 30 heavy (non-hydrogen) atoms. The van der Waals surface area contributed by atoms with Crippen LogP contribution in [0, 0.1) is 5.92 Å². The Balaban J connectivity index is 5.98. The van der Waals surface area contributed by atoms with Crippen LogP contribution in [0.25, 0.3) is 0 Å². The van der Waals surface area contributed by atoms with Gasteiger partial charge in [-0.05, 0) is 60.3 Å². The number of carbonyl (C=O) groups excluding carboxylic acids is 4. The van der Waals surface area contributed by atoms with Crippen LogP contribution in [0.4, 0.5) is 9.59 Å². The predicted octanol–water partition coefficient (Wildman–Crippen LogP) is 2.35. The SMILES string of the molecule is CC(C)COC(=O)[C@H](CCC(O)C(N)=O)N(C(=O)OC(C)(C)C)C(=O)OC(C)(C)C. The van der Waals surface area contributed by atoms with Gasteiger partial charge in [-0.1, -0.05) is 13.8 Å². The summed E-state index contributed by atoms with van der Waals surface area (Å²) in [6.07, 6.45) is -4.35. The molecule has 1 unspecified atom stereocenters. The fourth-order valence-electron chi connectivity index (χ4n) is 2.11. The number of nitrogens with zero attached hydrogens (tertiary/aromatic N) is 1. The summed E-state index contributed by atoms with van der Waals surface area (Å²) in [6.45, 7) is 13.3. The van der Waals surface area contributed by atoms with E-state index >= 15 is 0 Å². The van der Waals surface area contributed by atoms with Crippen LogP contribution in [0.1, 0.15) is 68.2 Å². The molecule has 174 valence electrons. The third kappa shape index (κ3) is 11.0. The number of primary amides is 1. The lowest BCUT2D eigenvalue weighted by molar-refractivity contribution is -0.151. The van der Waals surface area contributed by atoms with Gasteiger partial charge in [0.25, 0.3) is 0 Å². The van der Waals surface area contributed by atoms with Crippen molar-refractivity contribution in [3.63, 3.8) is 0 Å². The Bertz CT molecular complexity index is 591. The maximum Gasteiger partial charge on any atom is 0.420 e. The number of esters is 1. The molecule has 3 N–H and O–H groups in total. The molecule has 0 spiro atoms. The van der Waals surface area contributed by atoms with Crippen LogP contribution in [-0.4, -0.2) is 64.0 Å². The number of carbonyl (C=O) groups is 4. The molecule has 2 atom stereocenters. The van der Waals surface area contributed by atoms with Crippen molar-refractivity contribution in [2.24, 2.45) is 11.7 Å². The van der Waals surface area contributed by atoms with Crippen molar-refractivity contribution in [3.8, 4) is 0 Å². The first kappa shape index (κ1) is 27.6. The van der Waals surface area contributed by atoms with Crippen LogP contribution in [0.2, 0.25) is 0 Å². The average Bonchev–Trinajstić information content (AvgIpc) is 2.52. The van der Waals surface area contributed by atoms with Crippen molar-refractivity contribution in [3.05, 3.63) is 0 Å². The van der Waals surface area contributed by atoms with Gasteiger partial charge >= 0.3 is 18.2 Å². The van der Waals surface area contributed by atoms with Gasteiger partial charge in [0.1, 0.15) is 23.3 Å². The minimum atomic E-state index is -1.57. The van der Waals surface area contributed by atoms with Gasteiger partial charge < -0.3 is 25.1 Å². The third-order valence-corrected chi connectivity index (χ3v) is 3.37. The first-order valence-electron chi connectivity index (χ1n) is 9.83. The van der Waals surface area contributed by atoms with Gasteiger partial charge in [0.2, 0.25) is 5.91 Å². The number of ether oxygens (including phenoxy) is 3.